The second kappa shape index (κ2) is 8.23. The Morgan fingerprint density at radius 1 is 1.14 bits per heavy atom. The molecule has 2 amide bonds. The van der Waals surface area contributed by atoms with Crippen molar-refractivity contribution >= 4 is 11.8 Å². The Morgan fingerprint density at radius 2 is 1.82 bits per heavy atom. The van der Waals surface area contributed by atoms with E-state index in [0.29, 0.717) is 18.2 Å². The lowest BCUT2D eigenvalue weighted by Gasteiger charge is -2.22. The Morgan fingerprint density at radius 3 is 2.45 bits per heavy atom. The molecule has 0 unspecified atom stereocenters. The zero-order valence-corrected chi connectivity index (χ0v) is 12.9. The van der Waals surface area contributed by atoms with Crippen LogP contribution < -0.4 is 10.6 Å². The van der Waals surface area contributed by atoms with Gasteiger partial charge in [0.2, 0.25) is 0 Å². The van der Waals surface area contributed by atoms with Crippen molar-refractivity contribution in [3.05, 3.63) is 35.4 Å². The maximum atomic E-state index is 11.7. The number of carbonyl (C=O) groups excluding carboxylic acids is 2. The van der Waals surface area contributed by atoms with E-state index >= 15 is 0 Å². The van der Waals surface area contributed by atoms with E-state index in [0.717, 1.165) is 18.4 Å². The first-order valence-electron chi connectivity index (χ1n) is 7.79. The van der Waals surface area contributed by atoms with Gasteiger partial charge in [-0.1, -0.05) is 43.2 Å². The first-order chi connectivity index (χ1) is 10.6. The van der Waals surface area contributed by atoms with Crippen molar-refractivity contribution in [3.63, 3.8) is 0 Å². The normalized spacial score (nSPS) is 14.6. The van der Waals surface area contributed by atoms with Crippen molar-refractivity contribution < 1.29 is 9.59 Å². The SMILES string of the molecule is CC(=O)c1ccc(C#CCNC(=O)NC2CCCCC2)cc1. The number of nitrogens with one attached hydrogen (secondary N) is 2. The van der Waals surface area contributed by atoms with E-state index in [1.54, 1.807) is 12.1 Å². The smallest absolute Gasteiger partial charge is 0.315 e. The van der Waals surface area contributed by atoms with Crippen LogP contribution in [0.15, 0.2) is 24.3 Å². The predicted octanol–water partition coefficient (Wildman–Crippen LogP) is 2.87. The molecule has 4 nitrogen and oxygen atoms in total. The maximum absolute atomic E-state index is 11.7. The average Bonchev–Trinajstić information content (AvgIpc) is 2.53. The average molecular weight is 298 g/mol. The van der Waals surface area contributed by atoms with Gasteiger partial charge in [-0.25, -0.2) is 4.79 Å². The summed E-state index contributed by atoms with van der Waals surface area (Å²) in [7, 11) is 0. The molecule has 116 valence electrons. The van der Waals surface area contributed by atoms with Gasteiger partial charge in [0.25, 0.3) is 0 Å². The summed E-state index contributed by atoms with van der Waals surface area (Å²) in [5.41, 5.74) is 1.51. The van der Waals surface area contributed by atoms with Gasteiger partial charge in [-0.05, 0) is 31.9 Å². The number of Topliss-reactive ketones (excluding diaryl/α,β-unsaturated/α-hetero) is 1. The molecule has 0 radical (unpaired) electrons. The molecule has 1 fully saturated rings. The highest BCUT2D eigenvalue weighted by Crippen LogP contribution is 2.17. The fraction of sp³-hybridized carbons (Fsp3) is 0.444. The Hall–Kier alpha value is -2.28. The Labute approximate surface area is 131 Å². The highest BCUT2D eigenvalue weighted by molar-refractivity contribution is 5.94. The Bertz CT molecular complexity index is 575. The summed E-state index contributed by atoms with van der Waals surface area (Å²) in [6.07, 6.45) is 5.80. The van der Waals surface area contributed by atoms with Crippen molar-refractivity contribution in [3.8, 4) is 11.8 Å². The molecule has 0 bridgehead atoms. The van der Waals surface area contributed by atoms with Crippen LogP contribution >= 0.6 is 0 Å². The van der Waals surface area contributed by atoms with Gasteiger partial charge in [0.05, 0.1) is 6.54 Å². The largest absolute Gasteiger partial charge is 0.335 e. The zero-order valence-electron chi connectivity index (χ0n) is 12.9. The van der Waals surface area contributed by atoms with E-state index < -0.39 is 0 Å². The summed E-state index contributed by atoms with van der Waals surface area (Å²) in [5.74, 6) is 5.92. The highest BCUT2D eigenvalue weighted by Gasteiger charge is 2.14. The molecule has 0 saturated heterocycles. The van der Waals surface area contributed by atoms with Crippen molar-refractivity contribution in [1.29, 1.82) is 0 Å². The molecular formula is C18H22N2O2. The lowest BCUT2D eigenvalue weighted by Crippen LogP contribution is -2.42. The third-order valence-electron chi connectivity index (χ3n) is 3.80. The molecule has 0 aliphatic heterocycles. The second-order valence-corrected chi connectivity index (χ2v) is 5.60. The van der Waals surface area contributed by atoms with E-state index in [1.807, 2.05) is 12.1 Å². The van der Waals surface area contributed by atoms with E-state index in [9.17, 15) is 9.59 Å². The van der Waals surface area contributed by atoms with Crippen molar-refractivity contribution in [2.24, 2.45) is 0 Å². The van der Waals surface area contributed by atoms with Crippen molar-refractivity contribution in [2.75, 3.05) is 6.54 Å². The van der Waals surface area contributed by atoms with Gasteiger partial charge >= 0.3 is 6.03 Å². The Balaban J connectivity index is 1.73. The number of rotatable bonds is 3. The fourth-order valence-corrected chi connectivity index (χ4v) is 2.54. The molecule has 0 spiro atoms. The van der Waals surface area contributed by atoms with Crippen molar-refractivity contribution in [2.45, 2.75) is 45.1 Å². The number of hydrogen-bond acceptors (Lipinski definition) is 2. The number of benzene rings is 1. The van der Waals surface area contributed by atoms with E-state index in [1.165, 1.54) is 26.2 Å². The van der Waals surface area contributed by atoms with E-state index in [2.05, 4.69) is 22.5 Å². The van der Waals surface area contributed by atoms with Gasteiger partial charge in [-0.3, -0.25) is 4.79 Å². The molecule has 4 heteroatoms. The van der Waals surface area contributed by atoms with Crippen LogP contribution in [0.1, 0.15) is 54.9 Å². The van der Waals surface area contributed by atoms with Gasteiger partial charge in [0.1, 0.15) is 0 Å². The number of carbonyl (C=O) groups is 2. The van der Waals surface area contributed by atoms with Crippen LogP contribution in [0, 0.1) is 11.8 Å². The topological polar surface area (TPSA) is 58.2 Å². The lowest BCUT2D eigenvalue weighted by atomic mass is 9.96. The van der Waals surface area contributed by atoms with Crippen LogP contribution in [0.5, 0.6) is 0 Å². The van der Waals surface area contributed by atoms with Gasteiger partial charge in [0.15, 0.2) is 5.78 Å². The maximum Gasteiger partial charge on any atom is 0.315 e. The van der Waals surface area contributed by atoms with Gasteiger partial charge in [-0.2, -0.15) is 0 Å². The predicted molar refractivity (Wildman–Crippen MR) is 86.7 cm³/mol. The van der Waals surface area contributed by atoms with Gasteiger partial charge in [-0.15, -0.1) is 0 Å². The van der Waals surface area contributed by atoms with Crippen LogP contribution in [0.3, 0.4) is 0 Å². The zero-order chi connectivity index (χ0) is 15.8. The minimum Gasteiger partial charge on any atom is -0.335 e. The standard InChI is InChI=1S/C18H22N2O2/c1-14(21)16-11-9-15(10-12-16)6-5-13-19-18(22)20-17-7-3-2-4-8-17/h9-12,17H,2-4,7-8,13H2,1H3,(H2,19,20,22). The molecule has 1 aliphatic carbocycles. The summed E-state index contributed by atoms with van der Waals surface area (Å²) in [6.45, 7) is 1.85. The first kappa shape index (κ1) is 16.1. The van der Waals surface area contributed by atoms with Crippen LogP contribution in [-0.2, 0) is 0 Å². The minimum atomic E-state index is -0.145. The number of amides is 2. The highest BCUT2D eigenvalue weighted by atomic mass is 16.2. The van der Waals surface area contributed by atoms with Crippen LogP contribution in [0.2, 0.25) is 0 Å². The monoisotopic (exact) mass is 298 g/mol. The molecule has 2 rings (SSSR count). The summed E-state index contributed by atoms with van der Waals surface area (Å²) in [5, 5.41) is 5.73. The molecule has 22 heavy (non-hydrogen) atoms. The van der Waals surface area contributed by atoms with E-state index in [4.69, 9.17) is 0 Å². The van der Waals surface area contributed by atoms with Gasteiger partial charge in [0, 0.05) is 17.2 Å². The van der Waals surface area contributed by atoms with Crippen LogP contribution in [-0.4, -0.2) is 24.4 Å². The molecule has 0 heterocycles. The van der Waals surface area contributed by atoms with Crippen LogP contribution in [0.4, 0.5) is 4.79 Å². The summed E-state index contributed by atoms with van der Waals surface area (Å²) >= 11 is 0. The van der Waals surface area contributed by atoms with Gasteiger partial charge < -0.3 is 10.6 Å². The lowest BCUT2D eigenvalue weighted by molar-refractivity contribution is 0.101. The summed E-state index contributed by atoms with van der Waals surface area (Å²) in [6, 6.07) is 7.30. The second-order valence-electron chi connectivity index (χ2n) is 5.60. The third kappa shape index (κ3) is 5.25. The van der Waals surface area contributed by atoms with Crippen molar-refractivity contribution in [1.82, 2.24) is 10.6 Å². The molecule has 1 aromatic rings. The Kier molecular flexibility index (Phi) is 6.02. The quantitative estimate of drug-likeness (QED) is 0.666. The molecule has 1 aliphatic rings. The molecule has 1 saturated carbocycles. The molecule has 1 aromatic carbocycles. The first-order valence-corrected chi connectivity index (χ1v) is 7.79. The molecule has 0 aromatic heterocycles. The minimum absolute atomic E-state index is 0.0422. The summed E-state index contributed by atoms with van der Waals surface area (Å²) < 4.78 is 0. The summed E-state index contributed by atoms with van der Waals surface area (Å²) in [4.78, 5) is 22.9. The third-order valence-corrected chi connectivity index (χ3v) is 3.80. The number of urea groups is 1. The molecule has 2 N–H and O–H groups in total. The number of ketones is 1. The van der Waals surface area contributed by atoms with Crippen LogP contribution in [0.25, 0.3) is 0 Å². The van der Waals surface area contributed by atoms with E-state index in [-0.39, 0.29) is 11.8 Å². The fourth-order valence-electron chi connectivity index (χ4n) is 2.54. The molecule has 0 atom stereocenters. The molecular weight excluding hydrogens is 276 g/mol. The number of hydrogen-bond donors (Lipinski definition) is 2.